The number of rotatable bonds is 2. The molecule has 0 aromatic rings. The maximum atomic E-state index is 11.3. The maximum absolute atomic E-state index is 11.3. The van der Waals surface area contributed by atoms with Gasteiger partial charge in [-0.2, -0.15) is 0 Å². The lowest BCUT2D eigenvalue weighted by atomic mass is 10.2. The molecule has 1 rings (SSSR count). The van der Waals surface area contributed by atoms with E-state index in [1.54, 1.807) is 6.92 Å². The molecule has 1 aliphatic heterocycles. The van der Waals surface area contributed by atoms with Gasteiger partial charge in [-0.05, 0) is 6.92 Å². The first kappa shape index (κ1) is 11.0. The molecule has 2 atom stereocenters. The van der Waals surface area contributed by atoms with Crippen molar-refractivity contribution >= 4 is 5.97 Å². The highest BCUT2D eigenvalue weighted by Crippen LogP contribution is 2.18. The van der Waals surface area contributed by atoms with Crippen molar-refractivity contribution in [2.75, 3.05) is 20.2 Å². The third-order valence-corrected chi connectivity index (χ3v) is 2.31. The van der Waals surface area contributed by atoms with Crippen molar-refractivity contribution in [2.24, 2.45) is 0 Å². The molecule has 4 nitrogen and oxygen atoms in total. The summed E-state index contributed by atoms with van der Waals surface area (Å²) < 4.78 is 4.65. The van der Waals surface area contributed by atoms with Gasteiger partial charge in [-0.15, -0.1) is 5.92 Å². The van der Waals surface area contributed by atoms with E-state index in [1.807, 2.05) is 4.90 Å². The summed E-state index contributed by atoms with van der Waals surface area (Å²) in [6.45, 7) is 2.75. The van der Waals surface area contributed by atoms with Crippen LogP contribution in [0, 0.1) is 11.8 Å². The Morgan fingerprint density at radius 2 is 2.43 bits per heavy atom. The minimum Gasteiger partial charge on any atom is -0.468 e. The molecule has 1 heterocycles. The Labute approximate surface area is 83.8 Å². The Balaban J connectivity index is 2.60. The molecule has 1 N–H and O–H groups in total. The standard InChI is InChI=1S/C10H15NO3/c1-3-4-5-11-7-8(12)6-9(11)10(13)14-2/h8-9,12H,5-7H2,1-2H3. The molecule has 0 saturated carbocycles. The van der Waals surface area contributed by atoms with E-state index in [2.05, 4.69) is 16.6 Å². The summed E-state index contributed by atoms with van der Waals surface area (Å²) in [5.74, 6) is 5.35. The first-order chi connectivity index (χ1) is 6.69. The minimum absolute atomic E-state index is 0.292. The summed E-state index contributed by atoms with van der Waals surface area (Å²) in [6, 6.07) is -0.337. The molecule has 0 aliphatic carbocycles. The van der Waals surface area contributed by atoms with E-state index in [4.69, 9.17) is 0 Å². The number of likely N-dealkylation sites (tertiary alicyclic amines) is 1. The van der Waals surface area contributed by atoms with Gasteiger partial charge in [0, 0.05) is 13.0 Å². The number of nitrogens with zero attached hydrogens (tertiary/aromatic N) is 1. The number of hydrogen-bond acceptors (Lipinski definition) is 4. The second kappa shape index (κ2) is 4.99. The third-order valence-electron chi connectivity index (χ3n) is 2.31. The first-order valence-corrected chi connectivity index (χ1v) is 4.58. The van der Waals surface area contributed by atoms with Gasteiger partial charge in [-0.1, -0.05) is 5.92 Å². The average molecular weight is 197 g/mol. The van der Waals surface area contributed by atoms with Crippen LogP contribution in [0.2, 0.25) is 0 Å². The van der Waals surface area contributed by atoms with E-state index >= 15 is 0 Å². The summed E-state index contributed by atoms with van der Waals surface area (Å²) in [6.07, 6.45) is -0.00399. The fraction of sp³-hybridized carbons (Fsp3) is 0.700. The zero-order valence-corrected chi connectivity index (χ0v) is 8.49. The number of methoxy groups -OCH3 is 1. The van der Waals surface area contributed by atoms with Crippen molar-refractivity contribution < 1.29 is 14.6 Å². The fourth-order valence-electron chi connectivity index (χ4n) is 1.62. The van der Waals surface area contributed by atoms with Gasteiger partial charge in [0.25, 0.3) is 0 Å². The van der Waals surface area contributed by atoms with Gasteiger partial charge in [0.15, 0.2) is 0 Å². The van der Waals surface area contributed by atoms with E-state index in [0.29, 0.717) is 19.5 Å². The summed E-state index contributed by atoms with van der Waals surface area (Å²) in [5.41, 5.74) is 0. The molecular weight excluding hydrogens is 182 g/mol. The number of carbonyl (C=O) groups excluding carboxylic acids is 1. The van der Waals surface area contributed by atoms with Crippen molar-refractivity contribution in [1.29, 1.82) is 0 Å². The number of aliphatic hydroxyl groups is 1. The van der Waals surface area contributed by atoms with Gasteiger partial charge >= 0.3 is 5.97 Å². The van der Waals surface area contributed by atoms with Crippen molar-refractivity contribution in [3.63, 3.8) is 0 Å². The Hall–Kier alpha value is -1.05. The average Bonchev–Trinajstić information content (AvgIpc) is 2.55. The molecule has 0 amide bonds. The normalized spacial score (nSPS) is 26.8. The molecule has 78 valence electrons. The van der Waals surface area contributed by atoms with E-state index in [1.165, 1.54) is 7.11 Å². The third kappa shape index (κ3) is 2.47. The fourth-order valence-corrected chi connectivity index (χ4v) is 1.62. The Morgan fingerprint density at radius 3 is 3.00 bits per heavy atom. The molecule has 14 heavy (non-hydrogen) atoms. The second-order valence-electron chi connectivity index (χ2n) is 3.28. The van der Waals surface area contributed by atoms with Crippen molar-refractivity contribution in [3.05, 3.63) is 0 Å². The van der Waals surface area contributed by atoms with Crippen LogP contribution in [0.25, 0.3) is 0 Å². The number of hydrogen-bond donors (Lipinski definition) is 1. The van der Waals surface area contributed by atoms with Gasteiger partial charge < -0.3 is 9.84 Å². The highest BCUT2D eigenvalue weighted by Gasteiger charge is 2.35. The minimum atomic E-state index is -0.447. The summed E-state index contributed by atoms with van der Waals surface area (Å²) in [7, 11) is 1.36. The van der Waals surface area contributed by atoms with Crippen LogP contribution < -0.4 is 0 Å². The topological polar surface area (TPSA) is 49.8 Å². The summed E-state index contributed by atoms with van der Waals surface area (Å²) >= 11 is 0. The van der Waals surface area contributed by atoms with E-state index in [9.17, 15) is 9.90 Å². The van der Waals surface area contributed by atoms with Crippen LogP contribution in [0.4, 0.5) is 0 Å². The van der Waals surface area contributed by atoms with Crippen LogP contribution in [0.5, 0.6) is 0 Å². The SMILES string of the molecule is CC#CCN1CC(O)CC1C(=O)OC. The van der Waals surface area contributed by atoms with Gasteiger partial charge in [-0.25, -0.2) is 0 Å². The molecule has 0 bridgehead atoms. The molecule has 2 unspecified atom stereocenters. The van der Waals surface area contributed by atoms with Crippen LogP contribution in [0.1, 0.15) is 13.3 Å². The van der Waals surface area contributed by atoms with Crippen molar-refractivity contribution in [1.82, 2.24) is 4.90 Å². The lowest BCUT2D eigenvalue weighted by Gasteiger charge is -2.18. The predicted octanol–water partition coefficient (Wildman–Crippen LogP) is -0.382. The number of aliphatic hydroxyl groups excluding tert-OH is 1. The van der Waals surface area contributed by atoms with Crippen molar-refractivity contribution in [3.8, 4) is 11.8 Å². The predicted molar refractivity (Wildman–Crippen MR) is 51.5 cm³/mol. The van der Waals surface area contributed by atoms with Gasteiger partial charge in [-0.3, -0.25) is 9.69 Å². The van der Waals surface area contributed by atoms with Gasteiger partial charge in [0.2, 0.25) is 0 Å². The van der Waals surface area contributed by atoms with E-state index < -0.39 is 6.10 Å². The molecule has 1 saturated heterocycles. The molecule has 0 aromatic heterocycles. The Bertz CT molecular complexity index is 266. The Kier molecular flexibility index (Phi) is 3.93. The van der Waals surface area contributed by atoms with Gasteiger partial charge in [0.05, 0.1) is 19.8 Å². The highest BCUT2D eigenvalue weighted by atomic mass is 16.5. The van der Waals surface area contributed by atoms with Crippen LogP contribution in [0.3, 0.4) is 0 Å². The summed E-state index contributed by atoms with van der Waals surface area (Å²) in [4.78, 5) is 13.2. The molecule has 0 radical (unpaired) electrons. The quantitative estimate of drug-likeness (QED) is 0.484. The van der Waals surface area contributed by atoms with Crippen LogP contribution in [0.15, 0.2) is 0 Å². The number of carbonyl (C=O) groups is 1. The van der Waals surface area contributed by atoms with Crippen LogP contribution in [-0.4, -0.2) is 48.3 Å². The molecule has 4 heteroatoms. The van der Waals surface area contributed by atoms with Crippen LogP contribution in [-0.2, 0) is 9.53 Å². The first-order valence-electron chi connectivity index (χ1n) is 4.58. The largest absolute Gasteiger partial charge is 0.468 e. The van der Waals surface area contributed by atoms with Crippen LogP contribution >= 0.6 is 0 Å². The van der Waals surface area contributed by atoms with Crippen molar-refractivity contribution in [2.45, 2.75) is 25.5 Å². The molecule has 0 spiro atoms. The van der Waals surface area contributed by atoms with E-state index in [-0.39, 0.29) is 12.0 Å². The smallest absolute Gasteiger partial charge is 0.323 e. The van der Waals surface area contributed by atoms with E-state index in [0.717, 1.165) is 0 Å². The monoisotopic (exact) mass is 197 g/mol. The highest BCUT2D eigenvalue weighted by molar-refractivity contribution is 5.76. The number of ether oxygens (including phenoxy) is 1. The zero-order valence-electron chi connectivity index (χ0n) is 8.49. The molecular formula is C10H15NO3. The number of β-amino-alcohol motifs (C(OH)–C–C–N with tert-alkyl or cyclic N) is 1. The molecule has 0 aromatic carbocycles. The Morgan fingerprint density at radius 1 is 1.71 bits per heavy atom. The number of esters is 1. The maximum Gasteiger partial charge on any atom is 0.323 e. The lowest BCUT2D eigenvalue weighted by molar-refractivity contribution is -0.145. The molecule has 1 aliphatic rings. The lowest BCUT2D eigenvalue weighted by Crippen LogP contribution is -2.37. The summed E-state index contributed by atoms with van der Waals surface area (Å²) in [5, 5.41) is 9.42. The molecule has 1 fully saturated rings. The van der Waals surface area contributed by atoms with Gasteiger partial charge in [0.1, 0.15) is 6.04 Å². The zero-order chi connectivity index (χ0) is 10.6. The second-order valence-corrected chi connectivity index (χ2v) is 3.28.